The first kappa shape index (κ1) is 18.2. The molecule has 1 aromatic heterocycles. The molecule has 0 unspecified atom stereocenters. The molecule has 1 fully saturated rings. The summed E-state index contributed by atoms with van der Waals surface area (Å²) < 4.78 is 4.91. The van der Waals surface area contributed by atoms with Crippen molar-refractivity contribution in [2.45, 2.75) is 45.6 Å². The maximum absolute atomic E-state index is 12.0. The van der Waals surface area contributed by atoms with E-state index in [9.17, 15) is 14.4 Å². The molecule has 7 nitrogen and oxygen atoms in total. The molecule has 2 rings (SSSR count). The number of imide groups is 1. The second-order valence-electron chi connectivity index (χ2n) is 5.83. The summed E-state index contributed by atoms with van der Waals surface area (Å²) in [4.78, 5) is 39.4. The van der Waals surface area contributed by atoms with Crippen LogP contribution in [-0.2, 0) is 9.53 Å². The summed E-state index contributed by atoms with van der Waals surface area (Å²) in [5.74, 6) is -1.45. The number of nitrogens with zero attached hydrogens (tertiary/aromatic N) is 1. The Labute approximate surface area is 145 Å². The number of carbonyl (C=O) groups is 3. The van der Waals surface area contributed by atoms with Crippen LogP contribution in [-0.4, -0.2) is 35.5 Å². The number of carbonyl (C=O) groups excluding carboxylic acids is 3. The van der Waals surface area contributed by atoms with Crippen LogP contribution in [0.5, 0.6) is 0 Å². The molecule has 1 heterocycles. The van der Waals surface area contributed by atoms with E-state index in [1.807, 2.05) is 0 Å². The molecule has 0 spiro atoms. The average Bonchev–Trinajstić information content (AvgIpc) is 2.96. The van der Waals surface area contributed by atoms with Gasteiger partial charge in [0.15, 0.2) is 6.61 Å². The van der Waals surface area contributed by atoms with Crippen molar-refractivity contribution < 1.29 is 19.1 Å². The third-order valence-electron chi connectivity index (χ3n) is 3.78. The highest BCUT2D eigenvalue weighted by atomic mass is 35.5. The van der Waals surface area contributed by atoms with Gasteiger partial charge in [0.2, 0.25) is 0 Å². The number of ether oxygens (including phenoxy) is 1. The van der Waals surface area contributed by atoms with E-state index >= 15 is 0 Å². The number of aromatic nitrogens is 1. The lowest BCUT2D eigenvalue weighted by Gasteiger charge is -2.12. The maximum atomic E-state index is 12.0. The highest BCUT2D eigenvalue weighted by molar-refractivity contribution is 6.32. The first-order chi connectivity index (χ1) is 11.4. The Morgan fingerprint density at radius 2 is 1.96 bits per heavy atom. The van der Waals surface area contributed by atoms with Crippen LogP contribution in [0.15, 0.2) is 6.07 Å². The summed E-state index contributed by atoms with van der Waals surface area (Å²) >= 11 is 5.95. The molecule has 0 atom stereocenters. The Bertz CT molecular complexity index is 634. The number of aryl methyl sites for hydroxylation is 2. The predicted octanol–water partition coefficient (Wildman–Crippen LogP) is 2.28. The Kier molecular flexibility index (Phi) is 6.14. The quantitative estimate of drug-likeness (QED) is 0.639. The van der Waals surface area contributed by atoms with Gasteiger partial charge < -0.3 is 10.1 Å². The molecule has 130 valence electrons. The highest BCUT2D eigenvalue weighted by Gasteiger charge is 2.20. The number of rotatable bonds is 4. The van der Waals surface area contributed by atoms with Crippen molar-refractivity contribution in [3.05, 3.63) is 28.0 Å². The van der Waals surface area contributed by atoms with E-state index in [4.69, 9.17) is 16.3 Å². The minimum atomic E-state index is -0.753. The van der Waals surface area contributed by atoms with Crippen molar-refractivity contribution >= 4 is 29.5 Å². The third-order valence-corrected chi connectivity index (χ3v) is 4.06. The Hall–Kier alpha value is -2.15. The van der Waals surface area contributed by atoms with E-state index in [1.54, 1.807) is 19.9 Å². The van der Waals surface area contributed by atoms with Crippen LogP contribution in [0.3, 0.4) is 0 Å². The van der Waals surface area contributed by atoms with Gasteiger partial charge in [-0.2, -0.15) is 0 Å². The third kappa shape index (κ3) is 4.92. The van der Waals surface area contributed by atoms with E-state index in [0.29, 0.717) is 11.3 Å². The molecule has 3 amide bonds. The fraction of sp³-hybridized carbons (Fsp3) is 0.500. The summed E-state index contributed by atoms with van der Waals surface area (Å²) in [6.07, 6.45) is 3.96. The Morgan fingerprint density at radius 3 is 2.58 bits per heavy atom. The second-order valence-corrected chi connectivity index (χ2v) is 6.18. The molecule has 8 heteroatoms. The van der Waals surface area contributed by atoms with E-state index in [0.717, 1.165) is 25.7 Å². The second kappa shape index (κ2) is 8.10. The summed E-state index contributed by atoms with van der Waals surface area (Å²) in [5, 5.41) is 4.87. The number of halogens is 1. The van der Waals surface area contributed by atoms with Crippen molar-refractivity contribution in [2.24, 2.45) is 0 Å². The number of urea groups is 1. The van der Waals surface area contributed by atoms with E-state index in [-0.39, 0.29) is 16.8 Å². The molecule has 24 heavy (non-hydrogen) atoms. The van der Waals surface area contributed by atoms with Crippen molar-refractivity contribution in [1.29, 1.82) is 0 Å². The topological polar surface area (TPSA) is 97.4 Å². The monoisotopic (exact) mass is 353 g/mol. The van der Waals surface area contributed by atoms with Crippen molar-refractivity contribution in [1.82, 2.24) is 15.6 Å². The van der Waals surface area contributed by atoms with Crippen molar-refractivity contribution in [3.8, 4) is 0 Å². The van der Waals surface area contributed by atoms with Gasteiger partial charge in [-0.3, -0.25) is 10.1 Å². The van der Waals surface area contributed by atoms with Crippen LogP contribution >= 0.6 is 11.6 Å². The predicted molar refractivity (Wildman–Crippen MR) is 87.9 cm³/mol. The summed E-state index contributed by atoms with van der Waals surface area (Å²) in [6.45, 7) is 2.89. The molecule has 1 aliphatic rings. The van der Waals surface area contributed by atoms with Gasteiger partial charge in [-0.05, 0) is 38.3 Å². The van der Waals surface area contributed by atoms with Crippen LogP contribution < -0.4 is 10.6 Å². The number of amides is 3. The number of pyridine rings is 1. The fourth-order valence-corrected chi connectivity index (χ4v) is 3.05. The largest absolute Gasteiger partial charge is 0.452 e. The van der Waals surface area contributed by atoms with Crippen LogP contribution in [0.4, 0.5) is 4.79 Å². The molecule has 1 saturated carbocycles. The SMILES string of the molecule is Cc1cc(C)c(C(=O)OCC(=O)NC(=O)NC2CCCC2)c(Cl)n1. The molecule has 0 saturated heterocycles. The van der Waals surface area contributed by atoms with Gasteiger partial charge in [-0.15, -0.1) is 0 Å². The zero-order valence-electron chi connectivity index (χ0n) is 13.6. The summed E-state index contributed by atoms with van der Waals surface area (Å²) in [6, 6.07) is 1.21. The Balaban J connectivity index is 1.83. The molecule has 0 aliphatic heterocycles. The number of hydrogen-bond donors (Lipinski definition) is 2. The molecule has 0 aromatic carbocycles. The molecule has 0 radical (unpaired) electrons. The van der Waals surface area contributed by atoms with Crippen molar-refractivity contribution in [3.63, 3.8) is 0 Å². The Morgan fingerprint density at radius 1 is 1.29 bits per heavy atom. The van der Waals surface area contributed by atoms with Gasteiger partial charge in [0.05, 0.1) is 5.56 Å². The first-order valence-electron chi connectivity index (χ1n) is 7.78. The number of esters is 1. The van der Waals surface area contributed by atoms with Crippen molar-refractivity contribution in [2.75, 3.05) is 6.61 Å². The van der Waals surface area contributed by atoms with Gasteiger partial charge in [-0.25, -0.2) is 14.6 Å². The van der Waals surface area contributed by atoms with Crippen LogP contribution in [0.25, 0.3) is 0 Å². The number of nitrogens with one attached hydrogen (secondary N) is 2. The minimum Gasteiger partial charge on any atom is -0.452 e. The van der Waals surface area contributed by atoms with Gasteiger partial charge in [0, 0.05) is 11.7 Å². The standard InChI is InChI=1S/C16H20ClN3O4/c1-9-7-10(2)18-14(17)13(9)15(22)24-8-12(21)20-16(23)19-11-5-3-4-6-11/h7,11H,3-6,8H2,1-2H3,(H2,19,20,21,23). The van der Waals surface area contributed by atoms with Crippen LogP contribution in [0.2, 0.25) is 5.15 Å². The van der Waals surface area contributed by atoms with Crippen LogP contribution in [0.1, 0.15) is 47.3 Å². The maximum Gasteiger partial charge on any atom is 0.342 e. The highest BCUT2D eigenvalue weighted by Crippen LogP contribution is 2.19. The number of hydrogen-bond acceptors (Lipinski definition) is 5. The lowest BCUT2D eigenvalue weighted by molar-refractivity contribution is -0.123. The van der Waals surface area contributed by atoms with E-state index in [2.05, 4.69) is 15.6 Å². The lowest BCUT2D eigenvalue weighted by atomic mass is 10.1. The normalized spacial score (nSPS) is 14.3. The minimum absolute atomic E-state index is 0.0249. The van der Waals surface area contributed by atoms with E-state index < -0.39 is 24.5 Å². The summed E-state index contributed by atoms with van der Waals surface area (Å²) in [5.41, 5.74) is 1.40. The van der Waals surface area contributed by atoms with Gasteiger partial charge in [0.25, 0.3) is 5.91 Å². The molecule has 0 bridgehead atoms. The zero-order chi connectivity index (χ0) is 17.7. The van der Waals surface area contributed by atoms with Gasteiger partial charge in [0.1, 0.15) is 5.15 Å². The van der Waals surface area contributed by atoms with Gasteiger partial charge in [-0.1, -0.05) is 24.4 Å². The molecule has 1 aliphatic carbocycles. The smallest absolute Gasteiger partial charge is 0.342 e. The molecule has 2 N–H and O–H groups in total. The zero-order valence-corrected chi connectivity index (χ0v) is 14.4. The lowest BCUT2D eigenvalue weighted by Crippen LogP contribution is -2.45. The molecular formula is C16H20ClN3O4. The first-order valence-corrected chi connectivity index (χ1v) is 8.16. The average molecular weight is 354 g/mol. The summed E-state index contributed by atoms with van der Waals surface area (Å²) in [7, 11) is 0. The van der Waals surface area contributed by atoms with E-state index in [1.165, 1.54) is 0 Å². The molecular weight excluding hydrogens is 334 g/mol. The fourth-order valence-electron chi connectivity index (χ4n) is 2.69. The van der Waals surface area contributed by atoms with Gasteiger partial charge >= 0.3 is 12.0 Å². The van der Waals surface area contributed by atoms with Crippen LogP contribution in [0, 0.1) is 13.8 Å². The molecule has 1 aromatic rings.